The van der Waals surface area contributed by atoms with Crippen LogP contribution >= 0.6 is 0 Å². The maximum absolute atomic E-state index is 11.8. The van der Waals surface area contributed by atoms with E-state index in [0.717, 1.165) is 31.6 Å². The standard InChI is InChI=1S/C19H24N2O2/c1-23-18-10-8-17(9-11-18)12-13-20-19(22)7-3-6-16-21-14-4-2-5-15-21/h2,4-5,8-11,14-15H,3,6-7,12-13,16H2,1H3/p+1. The summed E-state index contributed by atoms with van der Waals surface area (Å²) < 4.78 is 7.27. The number of carbonyl (C=O) groups excluding carboxylic acids is 1. The van der Waals surface area contributed by atoms with Crippen molar-refractivity contribution in [1.82, 2.24) is 5.32 Å². The Morgan fingerprint density at radius 3 is 2.52 bits per heavy atom. The molecule has 0 fully saturated rings. The van der Waals surface area contributed by atoms with Crippen LogP contribution in [0.1, 0.15) is 24.8 Å². The molecule has 4 nitrogen and oxygen atoms in total. The highest BCUT2D eigenvalue weighted by Gasteiger charge is 2.03. The first-order chi connectivity index (χ1) is 11.3. The first-order valence-corrected chi connectivity index (χ1v) is 8.11. The van der Waals surface area contributed by atoms with E-state index in [1.165, 1.54) is 5.56 Å². The number of aryl methyl sites for hydroxylation is 1. The van der Waals surface area contributed by atoms with Gasteiger partial charge in [0.2, 0.25) is 5.91 Å². The fourth-order valence-corrected chi connectivity index (χ4v) is 2.39. The molecule has 122 valence electrons. The topological polar surface area (TPSA) is 42.2 Å². The Morgan fingerprint density at radius 2 is 1.83 bits per heavy atom. The summed E-state index contributed by atoms with van der Waals surface area (Å²) in [5.41, 5.74) is 1.20. The Morgan fingerprint density at radius 1 is 1.09 bits per heavy atom. The fourth-order valence-electron chi connectivity index (χ4n) is 2.39. The second kappa shape index (κ2) is 9.62. The number of amides is 1. The van der Waals surface area contributed by atoms with Gasteiger partial charge in [-0.05, 0) is 30.5 Å². The van der Waals surface area contributed by atoms with Crippen molar-refractivity contribution in [2.24, 2.45) is 0 Å². The summed E-state index contributed by atoms with van der Waals surface area (Å²) in [6.07, 6.45) is 7.46. The van der Waals surface area contributed by atoms with E-state index in [9.17, 15) is 4.79 Å². The van der Waals surface area contributed by atoms with Crippen LogP contribution in [0.25, 0.3) is 0 Å². The number of nitrogens with one attached hydrogen (secondary N) is 1. The molecule has 2 rings (SSSR count). The van der Waals surface area contributed by atoms with Gasteiger partial charge in [-0.2, -0.15) is 0 Å². The smallest absolute Gasteiger partial charge is 0.220 e. The van der Waals surface area contributed by atoms with E-state index in [2.05, 4.69) is 22.3 Å². The predicted octanol–water partition coefficient (Wildman–Crippen LogP) is 2.51. The highest BCUT2D eigenvalue weighted by Crippen LogP contribution is 2.11. The molecular weight excluding hydrogens is 288 g/mol. The third-order valence-corrected chi connectivity index (χ3v) is 3.74. The minimum Gasteiger partial charge on any atom is -0.497 e. The van der Waals surface area contributed by atoms with Crippen molar-refractivity contribution in [3.05, 3.63) is 60.4 Å². The number of unbranched alkanes of at least 4 members (excludes halogenated alkanes) is 1. The number of rotatable bonds is 9. The second-order valence-corrected chi connectivity index (χ2v) is 5.52. The molecule has 1 aromatic carbocycles. The van der Waals surface area contributed by atoms with Gasteiger partial charge in [-0.3, -0.25) is 4.79 Å². The molecule has 2 aromatic rings. The van der Waals surface area contributed by atoms with E-state index in [0.29, 0.717) is 13.0 Å². The van der Waals surface area contributed by atoms with Crippen LogP contribution in [0.4, 0.5) is 0 Å². The Labute approximate surface area is 138 Å². The van der Waals surface area contributed by atoms with E-state index in [1.807, 2.05) is 42.5 Å². The van der Waals surface area contributed by atoms with Crippen LogP contribution in [0.15, 0.2) is 54.9 Å². The molecule has 0 spiro atoms. The SMILES string of the molecule is COc1ccc(CCNC(=O)CCCC[n+]2ccccc2)cc1. The van der Waals surface area contributed by atoms with Gasteiger partial charge < -0.3 is 10.1 Å². The van der Waals surface area contributed by atoms with Gasteiger partial charge in [0.25, 0.3) is 0 Å². The van der Waals surface area contributed by atoms with Gasteiger partial charge in [-0.1, -0.05) is 18.2 Å². The van der Waals surface area contributed by atoms with Gasteiger partial charge >= 0.3 is 0 Å². The Bertz CT molecular complexity index is 582. The lowest BCUT2D eigenvalue weighted by molar-refractivity contribution is -0.697. The van der Waals surface area contributed by atoms with E-state index in [1.54, 1.807) is 7.11 Å². The lowest BCUT2D eigenvalue weighted by atomic mass is 10.1. The molecule has 0 saturated carbocycles. The van der Waals surface area contributed by atoms with Gasteiger partial charge in [-0.15, -0.1) is 0 Å². The third kappa shape index (κ3) is 6.51. The summed E-state index contributed by atoms with van der Waals surface area (Å²) in [5.74, 6) is 0.991. The van der Waals surface area contributed by atoms with Gasteiger partial charge in [0.15, 0.2) is 12.4 Å². The van der Waals surface area contributed by atoms with Crippen molar-refractivity contribution in [3.8, 4) is 5.75 Å². The molecule has 1 heterocycles. The molecule has 0 aliphatic carbocycles. The molecule has 23 heavy (non-hydrogen) atoms. The Balaban J connectivity index is 1.56. The molecule has 0 radical (unpaired) electrons. The lowest BCUT2D eigenvalue weighted by Gasteiger charge is -2.06. The number of benzene rings is 1. The third-order valence-electron chi connectivity index (χ3n) is 3.74. The van der Waals surface area contributed by atoms with Crippen LogP contribution in [-0.4, -0.2) is 19.6 Å². The normalized spacial score (nSPS) is 10.3. The summed E-state index contributed by atoms with van der Waals surface area (Å²) in [6, 6.07) is 14.0. The van der Waals surface area contributed by atoms with E-state index < -0.39 is 0 Å². The van der Waals surface area contributed by atoms with Gasteiger partial charge in [-0.25, -0.2) is 4.57 Å². The number of hydrogen-bond donors (Lipinski definition) is 1. The van der Waals surface area contributed by atoms with Crippen LogP contribution in [0.3, 0.4) is 0 Å². The van der Waals surface area contributed by atoms with Crippen LogP contribution < -0.4 is 14.6 Å². The minimum absolute atomic E-state index is 0.136. The van der Waals surface area contributed by atoms with E-state index >= 15 is 0 Å². The van der Waals surface area contributed by atoms with Crippen LogP contribution in [-0.2, 0) is 17.8 Å². The second-order valence-electron chi connectivity index (χ2n) is 5.52. The fraction of sp³-hybridized carbons (Fsp3) is 0.368. The number of hydrogen-bond acceptors (Lipinski definition) is 2. The summed E-state index contributed by atoms with van der Waals surface area (Å²) in [7, 11) is 1.66. The number of pyridine rings is 1. The van der Waals surface area contributed by atoms with Gasteiger partial charge in [0, 0.05) is 31.5 Å². The number of carbonyl (C=O) groups is 1. The Kier molecular flexibility index (Phi) is 7.11. The molecule has 0 atom stereocenters. The van der Waals surface area contributed by atoms with Gasteiger partial charge in [0.05, 0.1) is 7.11 Å². The first-order valence-electron chi connectivity index (χ1n) is 8.11. The molecule has 1 amide bonds. The minimum atomic E-state index is 0.136. The predicted molar refractivity (Wildman–Crippen MR) is 90.2 cm³/mol. The summed E-state index contributed by atoms with van der Waals surface area (Å²) in [6.45, 7) is 1.64. The molecule has 4 heteroatoms. The van der Waals surface area contributed by atoms with Crippen molar-refractivity contribution in [3.63, 3.8) is 0 Å². The van der Waals surface area contributed by atoms with Crippen LogP contribution in [0.5, 0.6) is 5.75 Å². The van der Waals surface area contributed by atoms with Crippen molar-refractivity contribution in [1.29, 1.82) is 0 Å². The quantitative estimate of drug-likeness (QED) is 0.571. The molecule has 0 aliphatic heterocycles. The average Bonchev–Trinajstić information content (AvgIpc) is 2.60. The highest BCUT2D eigenvalue weighted by molar-refractivity contribution is 5.75. The maximum atomic E-state index is 11.8. The van der Waals surface area contributed by atoms with E-state index in [4.69, 9.17) is 4.74 Å². The monoisotopic (exact) mass is 313 g/mol. The molecule has 0 bridgehead atoms. The van der Waals surface area contributed by atoms with Crippen LogP contribution in [0, 0.1) is 0 Å². The van der Waals surface area contributed by atoms with Crippen molar-refractivity contribution in [2.75, 3.05) is 13.7 Å². The summed E-state index contributed by atoms with van der Waals surface area (Å²) >= 11 is 0. The largest absolute Gasteiger partial charge is 0.497 e. The zero-order chi connectivity index (χ0) is 16.3. The van der Waals surface area contributed by atoms with Crippen LogP contribution in [0.2, 0.25) is 0 Å². The zero-order valence-corrected chi connectivity index (χ0v) is 13.7. The molecule has 0 saturated heterocycles. The van der Waals surface area contributed by atoms with E-state index in [-0.39, 0.29) is 5.91 Å². The number of aromatic nitrogens is 1. The number of methoxy groups -OCH3 is 1. The molecule has 0 unspecified atom stereocenters. The molecule has 1 aromatic heterocycles. The summed E-state index contributed by atoms with van der Waals surface area (Å²) in [4.78, 5) is 11.8. The average molecular weight is 313 g/mol. The molecular formula is C19H25N2O2+. The number of nitrogens with zero attached hydrogens (tertiary/aromatic N) is 1. The number of ether oxygens (including phenoxy) is 1. The molecule has 1 N–H and O–H groups in total. The van der Waals surface area contributed by atoms with Crippen molar-refractivity contribution >= 4 is 5.91 Å². The van der Waals surface area contributed by atoms with Crippen molar-refractivity contribution in [2.45, 2.75) is 32.2 Å². The Hall–Kier alpha value is -2.36. The van der Waals surface area contributed by atoms with Crippen molar-refractivity contribution < 1.29 is 14.1 Å². The molecule has 0 aliphatic rings. The lowest BCUT2D eigenvalue weighted by Crippen LogP contribution is -2.32. The van der Waals surface area contributed by atoms with Gasteiger partial charge in [0.1, 0.15) is 12.3 Å². The highest BCUT2D eigenvalue weighted by atomic mass is 16.5. The summed E-state index contributed by atoms with van der Waals surface area (Å²) in [5, 5.41) is 2.98. The maximum Gasteiger partial charge on any atom is 0.220 e. The zero-order valence-electron chi connectivity index (χ0n) is 13.7. The first kappa shape index (κ1) is 17.0.